The molecule has 1 rings (SSSR count). The first-order valence-electron chi connectivity index (χ1n) is 5.18. The quantitative estimate of drug-likeness (QED) is 0.683. The Hall–Kier alpha value is -2.11. The first kappa shape index (κ1) is 13.0. The Labute approximate surface area is 97.7 Å². The second kappa shape index (κ2) is 5.83. The Morgan fingerprint density at radius 3 is 2.76 bits per heavy atom. The van der Waals surface area contributed by atoms with E-state index in [0.717, 1.165) is 0 Å². The molecule has 0 saturated heterocycles. The highest BCUT2D eigenvalue weighted by atomic mass is 16.4. The van der Waals surface area contributed by atoms with Crippen LogP contribution in [0.1, 0.15) is 23.8 Å². The molecule has 17 heavy (non-hydrogen) atoms. The van der Waals surface area contributed by atoms with E-state index >= 15 is 0 Å². The second-order valence-corrected chi connectivity index (χ2v) is 3.84. The third-order valence-electron chi connectivity index (χ3n) is 2.15. The molecule has 0 aliphatic carbocycles. The maximum absolute atomic E-state index is 11.6. The molecular formula is C11H14N2O4. The summed E-state index contributed by atoms with van der Waals surface area (Å²) >= 11 is 0. The number of amides is 1. The second-order valence-electron chi connectivity index (χ2n) is 3.84. The lowest BCUT2D eigenvalue weighted by molar-refractivity contribution is -0.137. The molecule has 3 N–H and O–H groups in total. The maximum atomic E-state index is 11.6. The van der Waals surface area contributed by atoms with E-state index < -0.39 is 11.9 Å². The fourth-order valence-electron chi connectivity index (χ4n) is 1.31. The van der Waals surface area contributed by atoms with Crippen LogP contribution in [0.15, 0.2) is 23.0 Å². The topological polar surface area (TPSA) is 99.3 Å². The van der Waals surface area contributed by atoms with Crippen molar-refractivity contribution in [3.8, 4) is 0 Å². The van der Waals surface area contributed by atoms with Gasteiger partial charge in [0.15, 0.2) is 0 Å². The molecule has 0 radical (unpaired) electrons. The standard InChI is InChI=1S/C11H14N2O4/c1-7(5-10(15)16)6-12-11(17)8-3-2-4-9(14)13-8/h2-4,7H,5-6H2,1H3,(H,12,17)(H,13,14)(H,15,16). The van der Waals surface area contributed by atoms with E-state index in [1.807, 2.05) is 0 Å². The molecule has 0 bridgehead atoms. The fraction of sp³-hybridized carbons (Fsp3) is 0.364. The van der Waals surface area contributed by atoms with Crippen molar-refractivity contribution in [2.75, 3.05) is 6.54 Å². The highest BCUT2D eigenvalue weighted by molar-refractivity contribution is 5.92. The number of rotatable bonds is 5. The van der Waals surface area contributed by atoms with Crippen molar-refractivity contribution in [1.29, 1.82) is 0 Å². The Morgan fingerprint density at radius 1 is 1.47 bits per heavy atom. The molecular weight excluding hydrogens is 224 g/mol. The first-order valence-corrected chi connectivity index (χ1v) is 5.18. The fourth-order valence-corrected chi connectivity index (χ4v) is 1.31. The lowest BCUT2D eigenvalue weighted by atomic mass is 10.1. The zero-order valence-corrected chi connectivity index (χ0v) is 9.40. The van der Waals surface area contributed by atoms with Crippen molar-refractivity contribution in [2.24, 2.45) is 5.92 Å². The van der Waals surface area contributed by atoms with Gasteiger partial charge in [0.25, 0.3) is 5.91 Å². The van der Waals surface area contributed by atoms with Crippen LogP contribution in [0.3, 0.4) is 0 Å². The molecule has 0 spiro atoms. The number of carbonyl (C=O) groups is 2. The van der Waals surface area contributed by atoms with Gasteiger partial charge in [-0.05, 0) is 12.0 Å². The summed E-state index contributed by atoms with van der Waals surface area (Å²) in [6.07, 6.45) is -0.00834. The van der Waals surface area contributed by atoms with Gasteiger partial charge in [0.2, 0.25) is 5.56 Å². The van der Waals surface area contributed by atoms with E-state index in [-0.39, 0.29) is 30.1 Å². The van der Waals surface area contributed by atoms with Crippen LogP contribution >= 0.6 is 0 Å². The molecule has 1 atom stereocenters. The lowest BCUT2D eigenvalue weighted by Gasteiger charge is -2.09. The van der Waals surface area contributed by atoms with Gasteiger partial charge in [-0.2, -0.15) is 0 Å². The minimum Gasteiger partial charge on any atom is -0.481 e. The molecule has 1 heterocycles. The van der Waals surface area contributed by atoms with Crippen molar-refractivity contribution >= 4 is 11.9 Å². The van der Waals surface area contributed by atoms with E-state index in [9.17, 15) is 14.4 Å². The Balaban J connectivity index is 2.50. The van der Waals surface area contributed by atoms with E-state index in [1.165, 1.54) is 18.2 Å². The lowest BCUT2D eigenvalue weighted by Crippen LogP contribution is -2.30. The predicted octanol–water partition coefficient (Wildman–Crippen LogP) is 0.215. The average Bonchev–Trinajstić information content (AvgIpc) is 2.25. The van der Waals surface area contributed by atoms with Crippen LogP contribution in [-0.4, -0.2) is 28.5 Å². The van der Waals surface area contributed by atoms with Crippen LogP contribution in [-0.2, 0) is 4.79 Å². The van der Waals surface area contributed by atoms with Gasteiger partial charge in [-0.25, -0.2) is 0 Å². The SMILES string of the molecule is CC(CNC(=O)c1cccc(=O)[nH]1)CC(=O)O. The van der Waals surface area contributed by atoms with Gasteiger partial charge in [0.1, 0.15) is 5.69 Å². The van der Waals surface area contributed by atoms with Gasteiger partial charge in [-0.1, -0.05) is 13.0 Å². The van der Waals surface area contributed by atoms with E-state index in [4.69, 9.17) is 5.11 Å². The minimum atomic E-state index is -0.903. The van der Waals surface area contributed by atoms with Gasteiger partial charge in [-0.3, -0.25) is 14.4 Å². The van der Waals surface area contributed by atoms with Crippen LogP contribution < -0.4 is 10.9 Å². The van der Waals surface area contributed by atoms with Gasteiger partial charge in [0.05, 0.1) is 0 Å². The summed E-state index contributed by atoms with van der Waals surface area (Å²) in [5, 5.41) is 11.1. The molecule has 0 saturated carbocycles. The molecule has 1 unspecified atom stereocenters. The number of aromatic amines is 1. The number of aliphatic carboxylic acids is 1. The molecule has 92 valence electrons. The Bertz CT molecular complexity index is 467. The normalized spacial score (nSPS) is 11.8. The van der Waals surface area contributed by atoms with Crippen LogP contribution in [0.4, 0.5) is 0 Å². The minimum absolute atomic E-state index is 0.00834. The smallest absolute Gasteiger partial charge is 0.303 e. The number of hydrogen-bond donors (Lipinski definition) is 3. The molecule has 1 aromatic rings. The van der Waals surface area contributed by atoms with E-state index in [1.54, 1.807) is 6.92 Å². The number of pyridine rings is 1. The molecule has 0 aliphatic rings. The van der Waals surface area contributed by atoms with Crippen LogP contribution in [0.5, 0.6) is 0 Å². The number of carboxylic acids is 1. The van der Waals surface area contributed by atoms with Crippen molar-refractivity contribution in [1.82, 2.24) is 10.3 Å². The molecule has 1 aromatic heterocycles. The molecule has 1 amide bonds. The third kappa shape index (κ3) is 4.50. The van der Waals surface area contributed by atoms with Crippen LogP contribution in [0.25, 0.3) is 0 Å². The summed E-state index contributed by atoms with van der Waals surface area (Å²) in [6, 6.07) is 4.27. The molecule has 6 heteroatoms. The van der Waals surface area contributed by atoms with Crippen molar-refractivity contribution < 1.29 is 14.7 Å². The summed E-state index contributed by atoms with van der Waals surface area (Å²) in [4.78, 5) is 35.3. The largest absolute Gasteiger partial charge is 0.481 e. The monoisotopic (exact) mass is 238 g/mol. The number of aromatic nitrogens is 1. The van der Waals surface area contributed by atoms with Gasteiger partial charge in [-0.15, -0.1) is 0 Å². The molecule has 0 aromatic carbocycles. The van der Waals surface area contributed by atoms with Crippen molar-refractivity contribution in [3.05, 3.63) is 34.2 Å². The number of carboxylic acid groups (broad SMARTS) is 1. The van der Waals surface area contributed by atoms with Crippen molar-refractivity contribution in [2.45, 2.75) is 13.3 Å². The summed E-state index contributed by atoms with van der Waals surface area (Å²) in [7, 11) is 0. The van der Waals surface area contributed by atoms with Crippen LogP contribution in [0, 0.1) is 5.92 Å². The number of carbonyl (C=O) groups excluding carboxylic acids is 1. The molecule has 0 fully saturated rings. The first-order chi connectivity index (χ1) is 7.99. The highest BCUT2D eigenvalue weighted by Crippen LogP contribution is 2.00. The Morgan fingerprint density at radius 2 is 2.18 bits per heavy atom. The summed E-state index contributed by atoms with van der Waals surface area (Å²) < 4.78 is 0. The summed E-state index contributed by atoms with van der Waals surface area (Å²) in [6.45, 7) is 1.98. The van der Waals surface area contributed by atoms with Gasteiger partial charge < -0.3 is 15.4 Å². The molecule has 6 nitrogen and oxygen atoms in total. The summed E-state index contributed by atoms with van der Waals surface area (Å²) in [5.74, 6) is -1.48. The predicted molar refractivity (Wildman–Crippen MR) is 60.8 cm³/mol. The van der Waals surface area contributed by atoms with Crippen LogP contribution in [0.2, 0.25) is 0 Å². The number of nitrogens with one attached hydrogen (secondary N) is 2. The number of H-pyrrole nitrogens is 1. The molecule has 0 aliphatic heterocycles. The highest BCUT2D eigenvalue weighted by Gasteiger charge is 2.10. The van der Waals surface area contributed by atoms with E-state index in [2.05, 4.69) is 10.3 Å². The van der Waals surface area contributed by atoms with Gasteiger partial charge in [0, 0.05) is 19.0 Å². The zero-order chi connectivity index (χ0) is 12.8. The maximum Gasteiger partial charge on any atom is 0.303 e. The number of hydrogen-bond acceptors (Lipinski definition) is 3. The summed E-state index contributed by atoms with van der Waals surface area (Å²) in [5.41, 5.74) is -0.184. The average molecular weight is 238 g/mol. The zero-order valence-electron chi connectivity index (χ0n) is 9.40. The Kier molecular flexibility index (Phi) is 4.45. The van der Waals surface area contributed by atoms with Gasteiger partial charge >= 0.3 is 5.97 Å². The van der Waals surface area contributed by atoms with Crippen molar-refractivity contribution in [3.63, 3.8) is 0 Å². The van der Waals surface area contributed by atoms with E-state index in [0.29, 0.717) is 0 Å². The third-order valence-corrected chi connectivity index (χ3v) is 2.15.